The Hall–Kier alpha value is -1.79. The summed E-state index contributed by atoms with van der Waals surface area (Å²) >= 11 is 0. The second kappa shape index (κ2) is 6.32. The summed E-state index contributed by atoms with van der Waals surface area (Å²) in [6.07, 6.45) is 0. The minimum atomic E-state index is -0.824. The van der Waals surface area contributed by atoms with Gasteiger partial charge in [0.25, 0.3) is 0 Å². The molecule has 0 unspecified atom stereocenters. The maximum atomic E-state index is 12.1. The summed E-state index contributed by atoms with van der Waals surface area (Å²) in [6.45, 7) is 6.99. The number of hydrogen-bond acceptors (Lipinski definition) is 5. The molecule has 116 valence electrons. The first-order valence-electron chi connectivity index (χ1n) is 7.01. The molecular formula is C15H22N2O4. The number of carbonyl (C=O) groups excluding carboxylic acids is 1. The zero-order valence-corrected chi connectivity index (χ0v) is 12.7. The predicted molar refractivity (Wildman–Crippen MR) is 79.6 cm³/mol. The number of likely N-dealkylation sites (N-methyl/N-ethyl adjacent to an activating group) is 1. The number of hydrogen-bond donors (Lipinski definition) is 2. The molecule has 1 amide bonds. The van der Waals surface area contributed by atoms with Crippen molar-refractivity contribution < 1.29 is 19.4 Å². The lowest BCUT2D eigenvalue weighted by molar-refractivity contribution is -0.117. The molecule has 1 aromatic rings. The molecule has 1 aromatic carbocycles. The number of aliphatic hydroxyl groups is 1. The average molecular weight is 294 g/mol. The van der Waals surface area contributed by atoms with Crippen LogP contribution in [0.2, 0.25) is 0 Å². The first-order chi connectivity index (χ1) is 9.87. The summed E-state index contributed by atoms with van der Waals surface area (Å²) in [7, 11) is 0. The number of anilines is 1. The number of rotatable bonds is 6. The second-order valence-electron chi connectivity index (χ2n) is 5.73. The second-order valence-corrected chi connectivity index (χ2v) is 5.73. The Labute approximate surface area is 124 Å². The van der Waals surface area contributed by atoms with Crippen LogP contribution in [-0.4, -0.2) is 47.9 Å². The van der Waals surface area contributed by atoms with E-state index in [9.17, 15) is 9.90 Å². The van der Waals surface area contributed by atoms with E-state index in [1.807, 2.05) is 11.8 Å². The number of benzene rings is 1. The van der Waals surface area contributed by atoms with Crippen molar-refractivity contribution in [1.29, 1.82) is 0 Å². The van der Waals surface area contributed by atoms with Crippen molar-refractivity contribution in [2.24, 2.45) is 0 Å². The van der Waals surface area contributed by atoms with Crippen LogP contribution in [-0.2, 0) is 4.79 Å². The lowest BCUT2D eigenvalue weighted by Crippen LogP contribution is -2.42. The molecule has 2 N–H and O–H groups in total. The highest BCUT2D eigenvalue weighted by atomic mass is 16.7. The van der Waals surface area contributed by atoms with Crippen LogP contribution in [0, 0.1) is 0 Å². The van der Waals surface area contributed by atoms with Gasteiger partial charge in [-0.25, -0.2) is 0 Å². The maximum absolute atomic E-state index is 12.1. The van der Waals surface area contributed by atoms with Gasteiger partial charge in [-0.15, -0.1) is 0 Å². The average Bonchev–Trinajstić information content (AvgIpc) is 2.83. The maximum Gasteiger partial charge on any atom is 0.238 e. The monoisotopic (exact) mass is 294 g/mol. The van der Waals surface area contributed by atoms with Crippen molar-refractivity contribution in [2.45, 2.75) is 26.4 Å². The molecule has 1 aliphatic heterocycles. The number of carbonyl (C=O) groups is 1. The van der Waals surface area contributed by atoms with Crippen LogP contribution >= 0.6 is 0 Å². The lowest BCUT2D eigenvalue weighted by atomic mass is 10.1. The van der Waals surface area contributed by atoms with Gasteiger partial charge in [0.1, 0.15) is 0 Å². The van der Waals surface area contributed by atoms with Crippen LogP contribution in [0.3, 0.4) is 0 Å². The topological polar surface area (TPSA) is 71.0 Å². The number of nitrogens with zero attached hydrogens (tertiary/aromatic N) is 1. The van der Waals surface area contributed by atoms with Crippen molar-refractivity contribution in [3.05, 3.63) is 18.2 Å². The Morgan fingerprint density at radius 3 is 2.76 bits per heavy atom. The van der Waals surface area contributed by atoms with Gasteiger partial charge in [0.05, 0.1) is 12.1 Å². The molecule has 0 radical (unpaired) electrons. The van der Waals surface area contributed by atoms with E-state index in [1.165, 1.54) is 0 Å². The van der Waals surface area contributed by atoms with Crippen molar-refractivity contribution >= 4 is 11.6 Å². The van der Waals surface area contributed by atoms with E-state index < -0.39 is 5.60 Å². The Morgan fingerprint density at radius 1 is 1.38 bits per heavy atom. The SMILES string of the molecule is CCN(CC(=O)Nc1ccc2c(c1)OCO2)CC(C)(C)O. The quantitative estimate of drug-likeness (QED) is 0.831. The molecule has 1 aliphatic rings. The Kier molecular flexibility index (Phi) is 4.69. The van der Waals surface area contributed by atoms with E-state index in [-0.39, 0.29) is 19.2 Å². The van der Waals surface area contributed by atoms with Crippen LogP contribution < -0.4 is 14.8 Å². The van der Waals surface area contributed by atoms with Crippen LogP contribution in [0.5, 0.6) is 11.5 Å². The van der Waals surface area contributed by atoms with E-state index in [0.717, 1.165) is 0 Å². The molecule has 6 heteroatoms. The largest absolute Gasteiger partial charge is 0.454 e. The molecule has 0 fully saturated rings. The third-order valence-electron chi connectivity index (χ3n) is 3.08. The molecule has 21 heavy (non-hydrogen) atoms. The van der Waals surface area contributed by atoms with Gasteiger partial charge in [-0.2, -0.15) is 0 Å². The van der Waals surface area contributed by atoms with Crippen molar-refractivity contribution in [2.75, 3.05) is 31.7 Å². The van der Waals surface area contributed by atoms with Crippen LogP contribution in [0.15, 0.2) is 18.2 Å². The van der Waals surface area contributed by atoms with Gasteiger partial charge in [0.2, 0.25) is 12.7 Å². The Balaban J connectivity index is 1.92. The van der Waals surface area contributed by atoms with E-state index in [1.54, 1.807) is 32.0 Å². The minimum Gasteiger partial charge on any atom is -0.454 e. The fraction of sp³-hybridized carbons (Fsp3) is 0.533. The molecule has 0 spiro atoms. The van der Waals surface area contributed by atoms with Crippen molar-refractivity contribution in [1.82, 2.24) is 4.90 Å². The van der Waals surface area contributed by atoms with Gasteiger partial charge >= 0.3 is 0 Å². The summed E-state index contributed by atoms with van der Waals surface area (Å²) < 4.78 is 10.5. The van der Waals surface area contributed by atoms with Gasteiger partial charge in [-0.1, -0.05) is 6.92 Å². The number of ether oxygens (including phenoxy) is 2. The number of nitrogens with one attached hydrogen (secondary N) is 1. The van der Waals surface area contributed by atoms with Crippen LogP contribution in [0.4, 0.5) is 5.69 Å². The smallest absolute Gasteiger partial charge is 0.238 e. The van der Waals surface area contributed by atoms with Gasteiger partial charge in [0.15, 0.2) is 11.5 Å². The molecule has 0 saturated heterocycles. The first kappa shape index (κ1) is 15.6. The lowest BCUT2D eigenvalue weighted by Gasteiger charge is -2.27. The molecule has 0 aromatic heterocycles. The summed E-state index contributed by atoms with van der Waals surface area (Å²) in [5.74, 6) is 1.20. The number of fused-ring (bicyclic) bond motifs is 1. The number of amides is 1. The Bertz CT molecular complexity index is 511. The van der Waals surface area contributed by atoms with E-state index in [2.05, 4.69) is 5.32 Å². The molecule has 0 aliphatic carbocycles. The molecule has 0 saturated carbocycles. The highest BCUT2D eigenvalue weighted by molar-refractivity contribution is 5.92. The van der Waals surface area contributed by atoms with Gasteiger partial charge in [0, 0.05) is 18.3 Å². The molecular weight excluding hydrogens is 272 g/mol. The summed E-state index contributed by atoms with van der Waals surface area (Å²) in [4.78, 5) is 14.0. The van der Waals surface area contributed by atoms with Crippen molar-refractivity contribution in [3.63, 3.8) is 0 Å². The summed E-state index contributed by atoms with van der Waals surface area (Å²) in [5.41, 5.74) is -0.154. The summed E-state index contributed by atoms with van der Waals surface area (Å²) in [6, 6.07) is 5.29. The van der Waals surface area contributed by atoms with Crippen LogP contribution in [0.25, 0.3) is 0 Å². The van der Waals surface area contributed by atoms with Gasteiger partial charge in [-0.3, -0.25) is 9.69 Å². The highest BCUT2D eigenvalue weighted by Gasteiger charge is 2.19. The minimum absolute atomic E-state index is 0.125. The first-order valence-corrected chi connectivity index (χ1v) is 7.01. The molecule has 0 atom stereocenters. The molecule has 6 nitrogen and oxygen atoms in total. The van der Waals surface area contributed by atoms with E-state index in [0.29, 0.717) is 30.3 Å². The standard InChI is InChI=1S/C15H22N2O4/c1-4-17(9-15(2,3)19)8-14(18)16-11-5-6-12-13(7-11)21-10-20-12/h5-7,19H,4,8-10H2,1-3H3,(H,16,18). The van der Waals surface area contributed by atoms with E-state index in [4.69, 9.17) is 9.47 Å². The highest BCUT2D eigenvalue weighted by Crippen LogP contribution is 2.34. The zero-order chi connectivity index (χ0) is 15.5. The van der Waals surface area contributed by atoms with Crippen molar-refractivity contribution in [3.8, 4) is 11.5 Å². The predicted octanol–water partition coefficient (Wildman–Crippen LogP) is 1.45. The molecule has 0 bridgehead atoms. The Morgan fingerprint density at radius 2 is 2.10 bits per heavy atom. The fourth-order valence-corrected chi connectivity index (χ4v) is 2.20. The molecule has 1 heterocycles. The third kappa shape index (κ3) is 4.61. The van der Waals surface area contributed by atoms with Gasteiger partial charge in [-0.05, 0) is 32.5 Å². The van der Waals surface area contributed by atoms with Crippen LogP contribution in [0.1, 0.15) is 20.8 Å². The summed E-state index contributed by atoms with van der Waals surface area (Å²) in [5, 5.41) is 12.6. The fourth-order valence-electron chi connectivity index (χ4n) is 2.20. The molecule has 2 rings (SSSR count). The van der Waals surface area contributed by atoms with E-state index >= 15 is 0 Å². The zero-order valence-electron chi connectivity index (χ0n) is 12.7. The third-order valence-corrected chi connectivity index (χ3v) is 3.08. The normalized spacial score (nSPS) is 13.6. The van der Waals surface area contributed by atoms with Gasteiger partial charge < -0.3 is 19.9 Å².